The predicted molar refractivity (Wildman–Crippen MR) is 81.1 cm³/mol. The highest BCUT2D eigenvalue weighted by Gasteiger charge is 2.29. The number of amides is 1. The van der Waals surface area contributed by atoms with Crippen LogP contribution in [0.3, 0.4) is 0 Å². The van der Waals surface area contributed by atoms with Crippen LogP contribution in [-0.2, 0) is 4.74 Å². The second-order valence-corrected chi connectivity index (χ2v) is 5.60. The van der Waals surface area contributed by atoms with Crippen molar-refractivity contribution >= 4 is 11.6 Å². The molecule has 0 heterocycles. The fourth-order valence-electron chi connectivity index (χ4n) is 2.39. The van der Waals surface area contributed by atoms with Crippen molar-refractivity contribution in [3.8, 4) is 0 Å². The first-order chi connectivity index (χ1) is 9.58. The molecule has 2 rings (SSSR count). The minimum absolute atomic E-state index is 0.0237. The van der Waals surface area contributed by atoms with E-state index in [4.69, 9.17) is 4.74 Å². The number of hydrogen-bond acceptors (Lipinski definition) is 3. The van der Waals surface area contributed by atoms with Crippen LogP contribution in [0.15, 0.2) is 24.3 Å². The Morgan fingerprint density at radius 2 is 2.15 bits per heavy atom. The summed E-state index contributed by atoms with van der Waals surface area (Å²) >= 11 is 0. The zero-order valence-corrected chi connectivity index (χ0v) is 12.5. The molecule has 0 unspecified atom stereocenters. The van der Waals surface area contributed by atoms with E-state index in [1.165, 1.54) is 0 Å². The zero-order valence-electron chi connectivity index (χ0n) is 12.5. The molecule has 1 aromatic carbocycles. The molecule has 4 nitrogen and oxygen atoms in total. The summed E-state index contributed by atoms with van der Waals surface area (Å²) in [6.07, 6.45) is 2.47. The maximum atomic E-state index is 12.0. The van der Waals surface area contributed by atoms with E-state index in [0.717, 1.165) is 25.1 Å². The topological polar surface area (TPSA) is 50.4 Å². The Hall–Kier alpha value is -1.55. The van der Waals surface area contributed by atoms with E-state index in [1.54, 1.807) is 0 Å². The predicted octanol–water partition coefficient (Wildman–Crippen LogP) is 2.80. The van der Waals surface area contributed by atoms with Crippen LogP contribution < -0.4 is 10.6 Å². The van der Waals surface area contributed by atoms with Crippen molar-refractivity contribution in [3.05, 3.63) is 29.8 Å². The summed E-state index contributed by atoms with van der Waals surface area (Å²) in [5, 5.41) is 6.36. The van der Waals surface area contributed by atoms with E-state index in [2.05, 4.69) is 10.6 Å². The van der Waals surface area contributed by atoms with Crippen LogP contribution in [0.2, 0.25) is 0 Å². The number of nitrogens with one attached hydrogen (secondary N) is 2. The van der Waals surface area contributed by atoms with Crippen LogP contribution in [0.1, 0.15) is 44.0 Å². The Morgan fingerprint density at radius 3 is 2.80 bits per heavy atom. The molecule has 4 heteroatoms. The van der Waals surface area contributed by atoms with E-state index < -0.39 is 0 Å². The second-order valence-electron chi connectivity index (χ2n) is 5.60. The summed E-state index contributed by atoms with van der Waals surface area (Å²) in [5.74, 6) is -0.0237. The van der Waals surface area contributed by atoms with Crippen LogP contribution in [0.25, 0.3) is 0 Å². The van der Waals surface area contributed by atoms with Gasteiger partial charge in [-0.05, 0) is 51.8 Å². The lowest BCUT2D eigenvalue weighted by Crippen LogP contribution is -2.40. The minimum Gasteiger partial charge on any atom is -0.382 e. The van der Waals surface area contributed by atoms with Gasteiger partial charge in [0.1, 0.15) is 0 Å². The van der Waals surface area contributed by atoms with E-state index in [9.17, 15) is 4.79 Å². The van der Waals surface area contributed by atoms with Crippen molar-refractivity contribution in [1.29, 1.82) is 0 Å². The number of ether oxygens (including phenoxy) is 1. The van der Waals surface area contributed by atoms with Gasteiger partial charge in [0.05, 0.1) is 6.10 Å². The molecule has 0 spiro atoms. The smallest absolute Gasteiger partial charge is 0.251 e. The molecule has 2 N–H and O–H groups in total. The van der Waals surface area contributed by atoms with E-state index in [-0.39, 0.29) is 11.9 Å². The Morgan fingerprint density at radius 1 is 1.40 bits per heavy atom. The van der Waals surface area contributed by atoms with Gasteiger partial charge in [0.2, 0.25) is 0 Å². The first-order valence-electron chi connectivity index (χ1n) is 7.37. The first kappa shape index (κ1) is 14.9. The maximum absolute atomic E-state index is 12.0. The summed E-state index contributed by atoms with van der Waals surface area (Å²) in [4.78, 5) is 12.0. The molecule has 1 fully saturated rings. The minimum atomic E-state index is -0.0237. The number of hydrogen-bond donors (Lipinski definition) is 2. The number of rotatable bonds is 6. The number of benzene rings is 1. The van der Waals surface area contributed by atoms with E-state index in [1.807, 2.05) is 45.0 Å². The largest absolute Gasteiger partial charge is 0.382 e. The average Bonchev–Trinajstić information content (AvgIpc) is 2.36. The normalized spacial score (nSPS) is 21.4. The van der Waals surface area contributed by atoms with Crippen LogP contribution in [0.4, 0.5) is 5.69 Å². The highest BCUT2D eigenvalue weighted by atomic mass is 16.5. The summed E-state index contributed by atoms with van der Waals surface area (Å²) in [5.41, 5.74) is 1.70. The lowest BCUT2D eigenvalue weighted by atomic mass is 9.89. The molecule has 20 heavy (non-hydrogen) atoms. The maximum Gasteiger partial charge on any atom is 0.251 e. The van der Waals surface area contributed by atoms with Crippen LogP contribution in [0, 0.1) is 0 Å². The highest BCUT2D eigenvalue weighted by Crippen LogP contribution is 2.27. The Kier molecular flexibility index (Phi) is 5.01. The van der Waals surface area contributed by atoms with Gasteiger partial charge in [0.25, 0.3) is 5.91 Å². The third kappa shape index (κ3) is 3.97. The fraction of sp³-hybridized carbons (Fsp3) is 0.562. The molecule has 1 aliphatic rings. The molecular weight excluding hydrogens is 252 g/mol. The molecule has 0 bridgehead atoms. The number of carbonyl (C=O) groups excluding carboxylic acids is 1. The van der Waals surface area contributed by atoms with Gasteiger partial charge in [-0.15, -0.1) is 0 Å². The van der Waals surface area contributed by atoms with Gasteiger partial charge in [-0.1, -0.05) is 6.07 Å². The Bertz CT molecular complexity index is 454. The molecule has 110 valence electrons. The highest BCUT2D eigenvalue weighted by molar-refractivity contribution is 5.95. The van der Waals surface area contributed by atoms with E-state index >= 15 is 0 Å². The molecule has 0 atom stereocenters. The monoisotopic (exact) mass is 276 g/mol. The summed E-state index contributed by atoms with van der Waals surface area (Å²) in [6, 6.07) is 8.27. The Balaban J connectivity index is 1.89. The molecule has 1 aromatic rings. The SMILES string of the molecule is CCOC1CC(Nc2cccc(C(=O)NC(C)C)c2)C1. The molecule has 0 radical (unpaired) electrons. The second kappa shape index (κ2) is 6.75. The van der Waals surface area contributed by atoms with Crippen molar-refractivity contribution in [2.24, 2.45) is 0 Å². The van der Waals surface area contributed by atoms with Gasteiger partial charge in [-0.3, -0.25) is 4.79 Å². The summed E-state index contributed by atoms with van der Waals surface area (Å²) < 4.78 is 5.55. The lowest BCUT2D eigenvalue weighted by Gasteiger charge is -2.36. The van der Waals surface area contributed by atoms with Crippen molar-refractivity contribution in [2.75, 3.05) is 11.9 Å². The van der Waals surface area contributed by atoms with Crippen molar-refractivity contribution in [2.45, 2.75) is 51.8 Å². The summed E-state index contributed by atoms with van der Waals surface area (Å²) in [6.45, 7) is 6.73. The van der Waals surface area contributed by atoms with Crippen LogP contribution >= 0.6 is 0 Å². The van der Waals surface area contributed by atoms with Gasteiger partial charge < -0.3 is 15.4 Å². The van der Waals surface area contributed by atoms with Crippen LogP contribution in [0.5, 0.6) is 0 Å². The van der Waals surface area contributed by atoms with Gasteiger partial charge >= 0.3 is 0 Å². The Labute approximate surface area is 120 Å². The third-order valence-corrected chi connectivity index (χ3v) is 3.41. The zero-order chi connectivity index (χ0) is 14.5. The van der Waals surface area contributed by atoms with Crippen LogP contribution in [-0.4, -0.2) is 30.7 Å². The van der Waals surface area contributed by atoms with Gasteiger partial charge in [-0.25, -0.2) is 0 Å². The molecule has 1 amide bonds. The number of anilines is 1. The average molecular weight is 276 g/mol. The van der Waals surface area contributed by atoms with Gasteiger partial charge in [0.15, 0.2) is 0 Å². The summed E-state index contributed by atoms with van der Waals surface area (Å²) in [7, 11) is 0. The molecule has 1 aliphatic carbocycles. The molecular formula is C16H24N2O2. The van der Waals surface area contributed by atoms with Crippen molar-refractivity contribution < 1.29 is 9.53 Å². The molecule has 0 saturated heterocycles. The number of carbonyl (C=O) groups is 1. The van der Waals surface area contributed by atoms with Crippen molar-refractivity contribution in [1.82, 2.24) is 5.32 Å². The standard InChI is InChI=1S/C16H24N2O2/c1-4-20-15-9-14(10-15)18-13-7-5-6-12(8-13)16(19)17-11(2)3/h5-8,11,14-15,18H,4,9-10H2,1-3H3,(H,17,19). The molecule has 0 aromatic heterocycles. The van der Waals surface area contributed by atoms with Crippen molar-refractivity contribution in [3.63, 3.8) is 0 Å². The van der Waals surface area contributed by atoms with E-state index in [0.29, 0.717) is 17.7 Å². The third-order valence-electron chi connectivity index (χ3n) is 3.41. The first-order valence-corrected chi connectivity index (χ1v) is 7.37. The quantitative estimate of drug-likeness (QED) is 0.840. The lowest BCUT2D eigenvalue weighted by molar-refractivity contribution is 0.00299. The van der Waals surface area contributed by atoms with Gasteiger partial charge in [0, 0.05) is 29.9 Å². The molecule has 1 saturated carbocycles. The fourth-order valence-corrected chi connectivity index (χ4v) is 2.39. The van der Waals surface area contributed by atoms with Gasteiger partial charge in [-0.2, -0.15) is 0 Å². The molecule has 0 aliphatic heterocycles.